The maximum atomic E-state index is 14.6. The second-order valence-electron chi connectivity index (χ2n) is 17.9. The third kappa shape index (κ3) is 9.28. The summed E-state index contributed by atoms with van der Waals surface area (Å²) < 4.78 is 32.4. The number of nitrogens with one attached hydrogen (secondary N) is 4. The van der Waals surface area contributed by atoms with Gasteiger partial charge in [-0.15, -0.1) is 0 Å². The number of hydrogen-bond donors (Lipinski definition) is 4. The number of allylic oxidation sites excluding steroid dienone is 1. The van der Waals surface area contributed by atoms with Gasteiger partial charge in [0.15, 0.2) is 9.84 Å². The molecule has 5 atom stereocenters. The van der Waals surface area contributed by atoms with E-state index in [1.165, 1.54) is 4.90 Å². The van der Waals surface area contributed by atoms with Crippen LogP contribution in [0, 0.1) is 17.3 Å². The summed E-state index contributed by atoms with van der Waals surface area (Å²) >= 11 is 0. The molecule has 5 fully saturated rings. The van der Waals surface area contributed by atoms with Crippen LogP contribution in [0.5, 0.6) is 0 Å². The predicted molar refractivity (Wildman–Crippen MR) is 201 cm³/mol. The highest BCUT2D eigenvalue weighted by Crippen LogP contribution is 2.56. The number of likely N-dealkylation sites (tertiary alicyclic amines) is 1. The van der Waals surface area contributed by atoms with Gasteiger partial charge in [-0.25, -0.2) is 13.2 Å². The van der Waals surface area contributed by atoms with E-state index in [0.717, 1.165) is 49.7 Å². The minimum atomic E-state index is -3.63. The Morgan fingerprint density at radius 2 is 1.60 bits per heavy atom. The molecule has 0 bridgehead atoms. The van der Waals surface area contributed by atoms with E-state index < -0.39 is 73.2 Å². The first-order chi connectivity index (χ1) is 24.8. The fourth-order valence-electron chi connectivity index (χ4n) is 8.68. The Hall–Kier alpha value is -3.00. The van der Waals surface area contributed by atoms with Crippen LogP contribution in [-0.4, -0.2) is 103 Å². The molecule has 5 amide bonds. The van der Waals surface area contributed by atoms with Crippen LogP contribution in [0.4, 0.5) is 4.79 Å². The van der Waals surface area contributed by atoms with Gasteiger partial charge in [-0.3, -0.25) is 19.2 Å². The van der Waals surface area contributed by atoms with E-state index >= 15 is 0 Å². The first-order valence-electron chi connectivity index (χ1n) is 19.8. The largest absolute Gasteiger partial charge is 0.381 e. The first-order valence-corrected chi connectivity index (χ1v) is 21.5. The maximum absolute atomic E-state index is 14.6. The molecule has 0 aromatic carbocycles. The van der Waals surface area contributed by atoms with Gasteiger partial charge >= 0.3 is 6.03 Å². The number of nitrogens with zero attached hydrogens (tertiary/aromatic N) is 1. The van der Waals surface area contributed by atoms with Gasteiger partial charge in [0.05, 0.1) is 22.1 Å². The van der Waals surface area contributed by atoms with E-state index in [1.807, 2.05) is 41.5 Å². The molecule has 4 N–H and O–H groups in total. The maximum Gasteiger partial charge on any atom is 0.315 e. The molecule has 5 unspecified atom stereocenters. The lowest BCUT2D eigenvalue weighted by Gasteiger charge is -2.42. The molecule has 3 aliphatic carbocycles. The number of piperidine rings is 1. The number of hydrogen-bond acceptors (Lipinski definition) is 8. The number of carbonyl (C=O) groups excluding carboxylic acids is 5. The average Bonchev–Trinajstić information content (AvgIpc) is 4.00. The van der Waals surface area contributed by atoms with Crippen molar-refractivity contribution >= 4 is 39.4 Å². The molecule has 0 radical (unpaired) electrons. The molecule has 3 saturated carbocycles. The number of carbonyl (C=O) groups is 5. The summed E-state index contributed by atoms with van der Waals surface area (Å²) in [7, 11) is -3.63. The molecule has 0 spiro atoms. The van der Waals surface area contributed by atoms with Gasteiger partial charge < -0.3 is 30.9 Å². The van der Waals surface area contributed by atoms with Gasteiger partial charge in [0.1, 0.15) is 12.1 Å². The standard InChI is InChI=1S/C39H63N5O8S/c1-8-9-13-27(31(45)34(47)40-25-14-15-25)41-33(46)30-29-26(28(29)24(2)3)22-44(30)35(48)32(37(4,5)6)42-36(49)43-39(16-11-10-12-17-39)23-53(50,51)38(7)18-20-52-21-19-38/h25-27,29-30,32H,8-23H2,1-7H3,(H,40,47)(H,41,46)(H2,42,43,49). The van der Waals surface area contributed by atoms with E-state index in [4.69, 9.17) is 4.74 Å². The van der Waals surface area contributed by atoms with Crippen molar-refractivity contribution in [2.75, 3.05) is 25.5 Å². The number of sulfone groups is 1. The van der Waals surface area contributed by atoms with E-state index in [9.17, 15) is 32.4 Å². The molecule has 298 valence electrons. The van der Waals surface area contributed by atoms with Gasteiger partial charge in [0.2, 0.25) is 17.6 Å². The van der Waals surface area contributed by atoms with E-state index in [1.54, 1.807) is 6.92 Å². The van der Waals surface area contributed by atoms with Crippen LogP contribution < -0.4 is 21.3 Å². The van der Waals surface area contributed by atoms with Crippen molar-refractivity contribution in [3.8, 4) is 0 Å². The van der Waals surface area contributed by atoms with Crippen LogP contribution in [-0.2, 0) is 33.8 Å². The number of ketones is 1. The van der Waals surface area contributed by atoms with E-state index in [-0.39, 0.29) is 30.2 Å². The quantitative estimate of drug-likeness (QED) is 0.153. The number of fused-ring (bicyclic) bond motifs is 1. The molecule has 2 saturated heterocycles. The van der Waals surface area contributed by atoms with E-state index in [0.29, 0.717) is 51.7 Å². The van der Waals surface area contributed by atoms with Gasteiger partial charge in [0, 0.05) is 37.6 Å². The fraction of sp³-hybridized carbons (Fsp3) is 0.821. The number of ether oxygens (including phenoxy) is 1. The van der Waals surface area contributed by atoms with Crippen molar-refractivity contribution in [3.05, 3.63) is 11.1 Å². The first kappa shape index (κ1) is 41.2. The lowest BCUT2D eigenvalue weighted by molar-refractivity contribution is -0.144. The third-order valence-electron chi connectivity index (χ3n) is 12.2. The molecule has 53 heavy (non-hydrogen) atoms. The third-order valence-corrected chi connectivity index (χ3v) is 15.1. The molecule has 2 heterocycles. The van der Waals surface area contributed by atoms with Gasteiger partial charge in [-0.2, -0.15) is 0 Å². The van der Waals surface area contributed by atoms with Crippen LogP contribution in [0.25, 0.3) is 0 Å². The Morgan fingerprint density at radius 1 is 0.962 bits per heavy atom. The van der Waals surface area contributed by atoms with Crippen LogP contribution in [0.3, 0.4) is 0 Å². The Morgan fingerprint density at radius 3 is 2.17 bits per heavy atom. The number of rotatable bonds is 14. The minimum absolute atomic E-state index is 0.00364. The van der Waals surface area contributed by atoms with Crippen molar-refractivity contribution in [1.29, 1.82) is 0 Å². The lowest BCUT2D eigenvalue weighted by atomic mass is 9.83. The van der Waals surface area contributed by atoms with Crippen LogP contribution in [0.2, 0.25) is 0 Å². The fourth-order valence-corrected chi connectivity index (χ4v) is 10.9. The van der Waals surface area contributed by atoms with Crippen LogP contribution >= 0.6 is 0 Å². The zero-order valence-corrected chi connectivity index (χ0v) is 33.7. The van der Waals surface area contributed by atoms with Crippen LogP contribution in [0.15, 0.2) is 11.1 Å². The molecule has 13 nitrogen and oxygen atoms in total. The summed E-state index contributed by atoms with van der Waals surface area (Å²) in [6.07, 6.45) is 7.71. The van der Waals surface area contributed by atoms with Crippen LogP contribution in [0.1, 0.15) is 126 Å². The number of unbranched alkanes of at least 4 members (excludes halogenated alkanes) is 1. The van der Waals surface area contributed by atoms with Crippen molar-refractivity contribution in [1.82, 2.24) is 26.2 Å². The van der Waals surface area contributed by atoms with Gasteiger partial charge in [-0.1, -0.05) is 70.9 Å². The Bertz CT molecular complexity index is 1570. The summed E-state index contributed by atoms with van der Waals surface area (Å²) in [5.41, 5.74) is 0.451. The number of amides is 5. The van der Waals surface area contributed by atoms with Gasteiger partial charge in [0.25, 0.3) is 5.91 Å². The molecule has 0 aromatic rings. The zero-order chi connectivity index (χ0) is 38.9. The summed E-state index contributed by atoms with van der Waals surface area (Å²) in [6, 6.07) is -3.59. The lowest BCUT2D eigenvalue weighted by Crippen LogP contribution is -2.64. The monoisotopic (exact) mass is 761 g/mol. The molecule has 14 heteroatoms. The zero-order valence-electron chi connectivity index (χ0n) is 32.9. The molecule has 2 aliphatic heterocycles. The number of Topliss-reactive ketones (excluding diaryl/α,β-unsaturated/α-hetero) is 1. The smallest absolute Gasteiger partial charge is 0.315 e. The second kappa shape index (κ2) is 16.0. The normalized spacial score (nSPS) is 26.1. The predicted octanol–water partition coefficient (Wildman–Crippen LogP) is 3.70. The topological polar surface area (TPSA) is 180 Å². The molecular formula is C39H63N5O8S. The van der Waals surface area contributed by atoms with E-state index in [2.05, 4.69) is 21.3 Å². The highest BCUT2D eigenvalue weighted by molar-refractivity contribution is 7.92. The van der Waals surface area contributed by atoms with Crippen molar-refractivity contribution in [2.24, 2.45) is 17.3 Å². The molecular weight excluding hydrogens is 699 g/mol. The van der Waals surface area contributed by atoms with Crippen molar-refractivity contribution in [2.45, 2.75) is 160 Å². The summed E-state index contributed by atoms with van der Waals surface area (Å²) in [4.78, 5) is 70.4. The highest BCUT2D eigenvalue weighted by Gasteiger charge is 2.62. The SMILES string of the molecule is CCCCC(NC(=O)C1C2C(=C(C)C)C2CN1C(=O)C(NC(=O)NC1(CS(=O)(=O)C2(C)CCOCC2)CCCCC1)C(C)(C)C)C(=O)C(=O)NC1CC1. The Kier molecular flexibility index (Phi) is 12.4. The van der Waals surface area contributed by atoms with Crippen molar-refractivity contribution in [3.63, 3.8) is 0 Å². The number of urea groups is 1. The van der Waals surface area contributed by atoms with Crippen molar-refractivity contribution < 1.29 is 37.1 Å². The minimum Gasteiger partial charge on any atom is -0.381 e. The molecule has 5 rings (SSSR count). The van der Waals surface area contributed by atoms with Gasteiger partial charge in [-0.05, 0) is 71.1 Å². The second-order valence-corrected chi connectivity index (χ2v) is 20.4. The average molecular weight is 762 g/mol. The summed E-state index contributed by atoms with van der Waals surface area (Å²) in [5.74, 6) is -2.70. The highest BCUT2D eigenvalue weighted by atomic mass is 32.2. The Balaban J connectivity index is 1.35. The summed E-state index contributed by atoms with van der Waals surface area (Å²) in [5, 5.41) is 11.6. The molecule has 5 aliphatic rings. The molecule has 0 aromatic heterocycles. The summed E-state index contributed by atoms with van der Waals surface area (Å²) in [6.45, 7) is 14.3. The Labute approximate surface area is 315 Å².